The summed E-state index contributed by atoms with van der Waals surface area (Å²) in [6, 6.07) is 0. The highest BCUT2D eigenvalue weighted by Gasteiger charge is 2.75. The molecule has 0 aromatic carbocycles. The summed E-state index contributed by atoms with van der Waals surface area (Å²) in [6.07, 6.45) is 12.4. The molecule has 5 aliphatic carbocycles. The standard InChI is InChI=1S/C34H58O3/c1-10-21-37-28(35)34(36)20-17-29(4,5)25-14-16-32(8)26(33(25,34)9)12-11-24-27-23(3)22(2)13-15-30(27,6)18-19-31(24,32)7/h22-27,36H,10-21H2,1-9H3/t22-,23+,24-,25+,26+,27+,30-,31-,32-,33+,34?/m1/s1. The van der Waals surface area contributed by atoms with E-state index in [4.69, 9.17) is 4.74 Å². The number of rotatable bonds is 3. The van der Waals surface area contributed by atoms with Crippen molar-refractivity contribution in [3.63, 3.8) is 0 Å². The fraction of sp³-hybridized carbons (Fsp3) is 0.971. The van der Waals surface area contributed by atoms with Gasteiger partial charge in [0.2, 0.25) is 0 Å². The van der Waals surface area contributed by atoms with E-state index in [9.17, 15) is 9.90 Å². The number of esters is 1. The third-order valence-electron chi connectivity index (χ3n) is 14.9. The number of hydrogen-bond acceptors (Lipinski definition) is 3. The molecular weight excluding hydrogens is 456 g/mol. The predicted octanol–water partition coefficient (Wildman–Crippen LogP) is 8.43. The zero-order chi connectivity index (χ0) is 27.2. The van der Waals surface area contributed by atoms with E-state index in [1.54, 1.807) is 0 Å². The van der Waals surface area contributed by atoms with Crippen molar-refractivity contribution in [1.29, 1.82) is 0 Å². The zero-order valence-electron chi connectivity index (χ0n) is 25.7. The van der Waals surface area contributed by atoms with E-state index in [1.807, 2.05) is 6.92 Å². The summed E-state index contributed by atoms with van der Waals surface area (Å²) >= 11 is 0. The Morgan fingerprint density at radius 1 is 0.811 bits per heavy atom. The van der Waals surface area contributed by atoms with Crippen molar-refractivity contribution in [3.8, 4) is 0 Å². The first kappa shape index (κ1) is 28.0. The molecule has 0 bridgehead atoms. The second kappa shape index (κ2) is 8.71. The van der Waals surface area contributed by atoms with Crippen LogP contribution in [0.2, 0.25) is 0 Å². The number of fused-ring (bicyclic) bond motifs is 7. The molecule has 5 saturated carbocycles. The van der Waals surface area contributed by atoms with Gasteiger partial charge in [-0.2, -0.15) is 0 Å². The highest BCUT2D eigenvalue weighted by atomic mass is 16.5. The Bertz CT molecular complexity index is 911. The molecule has 3 heteroatoms. The van der Waals surface area contributed by atoms with Gasteiger partial charge in [-0.05, 0) is 128 Å². The average Bonchev–Trinajstić information content (AvgIpc) is 2.83. The van der Waals surface area contributed by atoms with Crippen LogP contribution in [0.4, 0.5) is 0 Å². The summed E-state index contributed by atoms with van der Waals surface area (Å²) < 4.78 is 5.78. The lowest BCUT2D eigenvalue weighted by Crippen LogP contribution is -2.73. The smallest absolute Gasteiger partial charge is 0.338 e. The number of aliphatic hydroxyl groups is 1. The molecule has 0 spiro atoms. The third kappa shape index (κ3) is 3.50. The van der Waals surface area contributed by atoms with Crippen molar-refractivity contribution in [2.75, 3.05) is 6.61 Å². The summed E-state index contributed by atoms with van der Waals surface area (Å²) in [7, 11) is 0. The molecule has 0 heterocycles. The molecule has 0 amide bonds. The van der Waals surface area contributed by atoms with E-state index in [0.717, 1.165) is 49.4 Å². The van der Waals surface area contributed by atoms with Gasteiger partial charge in [-0.15, -0.1) is 0 Å². The number of ether oxygens (including phenoxy) is 1. The van der Waals surface area contributed by atoms with Gasteiger partial charge in [0.25, 0.3) is 0 Å². The first-order chi connectivity index (χ1) is 17.1. The predicted molar refractivity (Wildman–Crippen MR) is 151 cm³/mol. The van der Waals surface area contributed by atoms with Crippen molar-refractivity contribution in [3.05, 3.63) is 0 Å². The number of hydrogen-bond donors (Lipinski definition) is 1. The normalized spacial score (nSPS) is 54.8. The summed E-state index contributed by atoms with van der Waals surface area (Å²) in [5.41, 5.74) is -0.827. The minimum atomic E-state index is -1.38. The van der Waals surface area contributed by atoms with Gasteiger partial charge in [0.1, 0.15) is 0 Å². The van der Waals surface area contributed by atoms with E-state index >= 15 is 0 Å². The average molecular weight is 515 g/mol. The van der Waals surface area contributed by atoms with Gasteiger partial charge in [0, 0.05) is 5.41 Å². The number of carbonyl (C=O) groups excluding carboxylic acids is 1. The van der Waals surface area contributed by atoms with Crippen molar-refractivity contribution in [2.45, 2.75) is 139 Å². The van der Waals surface area contributed by atoms with Crippen molar-refractivity contribution < 1.29 is 14.6 Å². The van der Waals surface area contributed by atoms with Crippen LogP contribution < -0.4 is 0 Å². The van der Waals surface area contributed by atoms with Crippen LogP contribution in [0.25, 0.3) is 0 Å². The monoisotopic (exact) mass is 514 g/mol. The first-order valence-electron chi connectivity index (χ1n) is 16.0. The van der Waals surface area contributed by atoms with Crippen molar-refractivity contribution in [2.24, 2.45) is 62.6 Å². The summed E-state index contributed by atoms with van der Waals surface area (Å²) in [4.78, 5) is 13.7. The molecule has 0 aliphatic heterocycles. The first-order valence-corrected chi connectivity index (χ1v) is 16.0. The van der Waals surface area contributed by atoms with E-state index in [-0.39, 0.29) is 22.2 Å². The molecule has 0 aromatic rings. The Morgan fingerprint density at radius 3 is 2.19 bits per heavy atom. The Balaban J connectivity index is 1.59. The lowest BCUT2D eigenvalue weighted by molar-refractivity contribution is -0.291. The molecule has 1 N–H and O–H groups in total. The fourth-order valence-electron chi connectivity index (χ4n) is 12.3. The highest BCUT2D eigenvalue weighted by Crippen LogP contribution is 2.78. The van der Waals surface area contributed by atoms with Gasteiger partial charge < -0.3 is 9.84 Å². The molecule has 0 aromatic heterocycles. The van der Waals surface area contributed by atoms with Crippen molar-refractivity contribution in [1.82, 2.24) is 0 Å². The van der Waals surface area contributed by atoms with Gasteiger partial charge in [0.05, 0.1) is 6.61 Å². The van der Waals surface area contributed by atoms with Gasteiger partial charge in [-0.3, -0.25) is 0 Å². The van der Waals surface area contributed by atoms with Gasteiger partial charge in [-0.1, -0.05) is 62.3 Å². The Hall–Kier alpha value is -0.570. The molecule has 0 radical (unpaired) electrons. The van der Waals surface area contributed by atoms with Crippen LogP contribution in [-0.2, 0) is 9.53 Å². The third-order valence-corrected chi connectivity index (χ3v) is 14.9. The molecule has 5 aliphatic rings. The topological polar surface area (TPSA) is 46.5 Å². The van der Waals surface area contributed by atoms with Crippen LogP contribution in [0.3, 0.4) is 0 Å². The minimum Gasteiger partial charge on any atom is -0.464 e. The minimum absolute atomic E-state index is 0.129. The van der Waals surface area contributed by atoms with Gasteiger partial charge in [-0.25, -0.2) is 4.79 Å². The molecule has 5 fully saturated rings. The summed E-state index contributed by atoms with van der Waals surface area (Å²) in [5, 5.41) is 12.5. The second-order valence-electron chi connectivity index (χ2n) is 16.5. The van der Waals surface area contributed by atoms with Crippen molar-refractivity contribution >= 4 is 5.97 Å². The quantitative estimate of drug-likeness (QED) is 0.384. The molecule has 0 saturated heterocycles. The SMILES string of the molecule is CCCOC(=O)C1(O)CCC(C)(C)[C@@H]2CC[C@]3(C)[C@H](CC[C@@H]4[C@@H]5[C@@H](C)[C@H](C)CC[C@]5(C)CC[C@]43C)[C@]21C. The molecule has 11 atom stereocenters. The van der Waals surface area contributed by atoms with Crippen LogP contribution in [0, 0.1) is 62.6 Å². The highest BCUT2D eigenvalue weighted by molar-refractivity contribution is 5.81. The van der Waals surface area contributed by atoms with Crippen LogP contribution in [0.1, 0.15) is 133 Å². The van der Waals surface area contributed by atoms with E-state index in [1.165, 1.54) is 38.5 Å². The molecule has 37 heavy (non-hydrogen) atoms. The van der Waals surface area contributed by atoms with E-state index in [0.29, 0.717) is 30.3 Å². The molecule has 5 rings (SSSR count). The Kier molecular flexibility index (Phi) is 6.59. The van der Waals surface area contributed by atoms with Crippen LogP contribution in [-0.4, -0.2) is 23.3 Å². The summed E-state index contributed by atoms with van der Waals surface area (Å²) in [5.74, 6) is 3.51. The van der Waals surface area contributed by atoms with Gasteiger partial charge in [0.15, 0.2) is 5.60 Å². The largest absolute Gasteiger partial charge is 0.464 e. The fourth-order valence-corrected chi connectivity index (χ4v) is 12.3. The van der Waals surface area contributed by atoms with E-state index in [2.05, 4.69) is 55.4 Å². The molecule has 1 unspecified atom stereocenters. The van der Waals surface area contributed by atoms with Crippen LogP contribution in [0.15, 0.2) is 0 Å². The maximum atomic E-state index is 13.7. The van der Waals surface area contributed by atoms with Gasteiger partial charge >= 0.3 is 5.97 Å². The molecule has 212 valence electrons. The molecule has 3 nitrogen and oxygen atoms in total. The van der Waals surface area contributed by atoms with Crippen LogP contribution in [0.5, 0.6) is 0 Å². The second-order valence-corrected chi connectivity index (χ2v) is 16.5. The molecular formula is C34H58O3. The lowest BCUT2D eigenvalue weighted by Gasteiger charge is -2.75. The number of carbonyl (C=O) groups is 1. The van der Waals surface area contributed by atoms with E-state index < -0.39 is 11.0 Å². The maximum Gasteiger partial charge on any atom is 0.338 e. The van der Waals surface area contributed by atoms with Crippen LogP contribution >= 0.6 is 0 Å². The Labute approximate surface area is 228 Å². The summed E-state index contributed by atoms with van der Waals surface area (Å²) in [6.45, 7) is 22.5. The lowest BCUT2D eigenvalue weighted by atomic mass is 9.30. The maximum absolute atomic E-state index is 13.7. The zero-order valence-corrected chi connectivity index (χ0v) is 25.7. The Morgan fingerprint density at radius 2 is 1.51 bits per heavy atom.